The average Bonchev–Trinajstić information content (AvgIpc) is 2.61. The van der Waals surface area contributed by atoms with Crippen molar-refractivity contribution in [2.45, 2.75) is 43.4 Å². The molecule has 0 unspecified atom stereocenters. The van der Waals surface area contributed by atoms with Crippen molar-refractivity contribution in [2.75, 3.05) is 25.9 Å². The summed E-state index contributed by atoms with van der Waals surface area (Å²) in [6.45, 7) is 1.60. The fourth-order valence-corrected chi connectivity index (χ4v) is 6.10. The van der Waals surface area contributed by atoms with Crippen LogP contribution in [0.5, 0.6) is 5.75 Å². The van der Waals surface area contributed by atoms with Gasteiger partial charge in [0.15, 0.2) is 15.8 Å². The minimum atomic E-state index is -3.04. The molecule has 2 aliphatic rings. The van der Waals surface area contributed by atoms with E-state index in [4.69, 9.17) is 0 Å². The molecule has 0 radical (unpaired) electrons. The summed E-state index contributed by atoms with van der Waals surface area (Å²) in [5, 5.41) is 12.7. The smallest absolute Gasteiger partial charge is 0.193 e. The van der Waals surface area contributed by atoms with Crippen LogP contribution in [0.4, 0.5) is 0 Å². The molecule has 1 spiro atoms. The van der Waals surface area contributed by atoms with Crippen molar-refractivity contribution in [3.8, 4) is 5.75 Å². The van der Waals surface area contributed by atoms with Crippen molar-refractivity contribution in [1.29, 1.82) is 0 Å². The number of aromatic hydroxyl groups is 1. The maximum absolute atomic E-state index is 12.7. The molecule has 2 N–H and O–H groups in total. The Bertz CT molecular complexity index is 729. The van der Waals surface area contributed by atoms with Crippen molar-refractivity contribution >= 4 is 39.8 Å². The van der Waals surface area contributed by atoms with Crippen LogP contribution in [0, 0.1) is 0 Å². The number of phenolic OH excluding ortho intramolecular Hbond substituents is 1. The molecule has 0 atom stereocenters. The number of aliphatic imine (C=N–C) groups is 1. The second-order valence-electron chi connectivity index (χ2n) is 7.05. The number of guanidine groups is 1. The Labute approximate surface area is 173 Å². The van der Waals surface area contributed by atoms with Gasteiger partial charge in [-0.05, 0) is 30.5 Å². The molecule has 1 aromatic rings. The second-order valence-corrected chi connectivity index (χ2v) is 9.56. The van der Waals surface area contributed by atoms with Gasteiger partial charge in [-0.15, -0.1) is 24.0 Å². The van der Waals surface area contributed by atoms with E-state index in [1.807, 2.05) is 12.1 Å². The number of hydrogen-bond donors (Lipinski definition) is 2. The number of benzene rings is 1. The van der Waals surface area contributed by atoms with Gasteiger partial charge in [-0.3, -0.25) is 4.99 Å². The van der Waals surface area contributed by atoms with Gasteiger partial charge >= 0.3 is 0 Å². The Kier molecular flexibility index (Phi) is 7.18. The monoisotopic (exact) mass is 493 g/mol. The maximum Gasteiger partial charge on any atom is 0.193 e. The average molecular weight is 493 g/mol. The van der Waals surface area contributed by atoms with Crippen molar-refractivity contribution < 1.29 is 13.5 Å². The summed E-state index contributed by atoms with van der Waals surface area (Å²) in [4.78, 5) is 6.45. The van der Waals surface area contributed by atoms with E-state index in [0.29, 0.717) is 19.6 Å². The van der Waals surface area contributed by atoms with Crippen LogP contribution in [0.2, 0.25) is 0 Å². The molecule has 1 heterocycles. The summed E-state index contributed by atoms with van der Waals surface area (Å²) in [6.07, 6.45) is 4.64. The highest BCUT2D eigenvalue weighted by atomic mass is 127. The third-order valence-corrected chi connectivity index (χ3v) is 8.01. The van der Waals surface area contributed by atoms with Crippen LogP contribution >= 0.6 is 24.0 Å². The number of rotatable bonds is 2. The van der Waals surface area contributed by atoms with Gasteiger partial charge in [-0.1, -0.05) is 31.4 Å². The summed E-state index contributed by atoms with van der Waals surface area (Å²) in [7, 11) is -1.31. The minimum absolute atomic E-state index is 0. The SMILES string of the molecule is CN=C(NCc1ccc(O)cc1)N1CCS(=O)(=O)C2(CCCCC2)C1.I. The van der Waals surface area contributed by atoms with Gasteiger partial charge in [0.25, 0.3) is 0 Å². The quantitative estimate of drug-likeness (QED) is 0.376. The fourth-order valence-electron chi connectivity index (χ4n) is 3.95. The van der Waals surface area contributed by atoms with Crippen LogP contribution in [0.25, 0.3) is 0 Å². The van der Waals surface area contributed by atoms with E-state index in [1.54, 1.807) is 19.2 Å². The van der Waals surface area contributed by atoms with Gasteiger partial charge in [0.1, 0.15) is 5.75 Å². The summed E-state index contributed by atoms with van der Waals surface area (Å²) in [5.41, 5.74) is 1.04. The second kappa shape index (κ2) is 8.77. The number of nitrogens with one attached hydrogen (secondary N) is 1. The maximum atomic E-state index is 12.7. The van der Waals surface area contributed by atoms with Crippen LogP contribution in [0.15, 0.2) is 29.3 Å². The van der Waals surface area contributed by atoms with Crippen LogP contribution in [-0.2, 0) is 16.4 Å². The summed E-state index contributed by atoms with van der Waals surface area (Å²) >= 11 is 0. The standard InChI is InChI=1S/C18H27N3O3S.HI/c1-19-17(20-13-15-5-7-16(22)8-6-15)21-11-12-25(23,24)18(14-21)9-3-2-4-10-18;/h5-8,22H,2-4,9-14H2,1H3,(H,19,20);1H. The largest absolute Gasteiger partial charge is 0.508 e. The van der Waals surface area contributed by atoms with E-state index in [9.17, 15) is 13.5 Å². The van der Waals surface area contributed by atoms with Crippen molar-refractivity contribution in [3.63, 3.8) is 0 Å². The Hall–Kier alpha value is -1.03. The highest BCUT2D eigenvalue weighted by Gasteiger charge is 2.48. The minimum Gasteiger partial charge on any atom is -0.508 e. The normalized spacial score (nSPS) is 21.9. The first-order chi connectivity index (χ1) is 12.0. The molecule has 1 aliphatic heterocycles. The molecule has 1 aromatic carbocycles. The van der Waals surface area contributed by atoms with Gasteiger partial charge in [-0.25, -0.2) is 8.42 Å². The van der Waals surface area contributed by atoms with E-state index in [-0.39, 0.29) is 35.5 Å². The molecular formula is C18H28IN3O3S. The lowest BCUT2D eigenvalue weighted by atomic mass is 9.87. The zero-order chi connectivity index (χ0) is 17.9. The number of sulfone groups is 1. The topological polar surface area (TPSA) is 82.0 Å². The molecule has 146 valence electrons. The lowest BCUT2D eigenvalue weighted by Crippen LogP contribution is -2.60. The molecule has 0 amide bonds. The van der Waals surface area contributed by atoms with Gasteiger partial charge < -0.3 is 15.3 Å². The highest BCUT2D eigenvalue weighted by Crippen LogP contribution is 2.38. The predicted molar refractivity (Wildman–Crippen MR) is 115 cm³/mol. The van der Waals surface area contributed by atoms with Crippen molar-refractivity contribution in [2.24, 2.45) is 4.99 Å². The van der Waals surface area contributed by atoms with Crippen LogP contribution in [0.3, 0.4) is 0 Å². The highest BCUT2D eigenvalue weighted by molar-refractivity contribution is 14.0. The molecule has 1 saturated carbocycles. The number of phenols is 1. The van der Waals surface area contributed by atoms with Gasteiger partial charge in [-0.2, -0.15) is 0 Å². The molecule has 3 rings (SSSR count). The molecule has 6 nitrogen and oxygen atoms in total. The van der Waals surface area contributed by atoms with E-state index >= 15 is 0 Å². The van der Waals surface area contributed by atoms with Gasteiger partial charge in [0, 0.05) is 26.7 Å². The molecule has 8 heteroatoms. The van der Waals surface area contributed by atoms with Crippen LogP contribution in [-0.4, -0.2) is 55.0 Å². The van der Waals surface area contributed by atoms with E-state index in [2.05, 4.69) is 15.2 Å². The van der Waals surface area contributed by atoms with Gasteiger partial charge in [0.05, 0.1) is 10.5 Å². The Morgan fingerprint density at radius 3 is 2.50 bits per heavy atom. The fraction of sp³-hybridized carbons (Fsp3) is 0.611. The summed E-state index contributed by atoms with van der Waals surface area (Å²) in [5.74, 6) is 1.19. The van der Waals surface area contributed by atoms with Crippen LogP contribution in [0.1, 0.15) is 37.7 Å². The van der Waals surface area contributed by atoms with Crippen LogP contribution < -0.4 is 5.32 Å². The molecule has 1 aliphatic carbocycles. The summed E-state index contributed by atoms with van der Waals surface area (Å²) < 4.78 is 24.8. The third kappa shape index (κ3) is 4.44. The number of hydrogen-bond acceptors (Lipinski definition) is 4. The molecular weight excluding hydrogens is 465 g/mol. The molecule has 0 bridgehead atoms. The molecule has 0 aromatic heterocycles. The summed E-state index contributed by atoms with van der Waals surface area (Å²) in [6, 6.07) is 7.03. The Morgan fingerprint density at radius 2 is 1.88 bits per heavy atom. The number of halogens is 1. The first kappa shape index (κ1) is 21.3. The number of nitrogens with zero attached hydrogens (tertiary/aromatic N) is 2. The van der Waals surface area contributed by atoms with Crippen molar-refractivity contribution in [1.82, 2.24) is 10.2 Å². The first-order valence-corrected chi connectivity index (χ1v) is 10.6. The molecule has 26 heavy (non-hydrogen) atoms. The van der Waals surface area contributed by atoms with E-state index in [1.165, 1.54) is 0 Å². The van der Waals surface area contributed by atoms with E-state index in [0.717, 1.165) is 43.6 Å². The van der Waals surface area contributed by atoms with E-state index < -0.39 is 14.6 Å². The lowest BCUT2D eigenvalue weighted by molar-refractivity contribution is 0.274. The zero-order valence-electron chi connectivity index (χ0n) is 15.1. The first-order valence-electron chi connectivity index (χ1n) is 8.92. The van der Waals surface area contributed by atoms with Gasteiger partial charge in [0.2, 0.25) is 0 Å². The molecule has 1 saturated heterocycles. The van der Waals surface area contributed by atoms with Crippen molar-refractivity contribution in [3.05, 3.63) is 29.8 Å². The predicted octanol–water partition coefficient (Wildman–Crippen LogP) is 2.52. The Morgan fingerprint density at radius 1 is 1.23 bits per heavy atom. The third-order valence-electron chi connectivity index (χ3n) is 5.43. The zero-order valence-corrected chi connectivity index (χ0v) is 18.3. The molecule has 2 fully saturated rings. The Balaban J connectivity index is 0.00000243. The lowest BCUT2D eigenvalue weighted by Gasteiger charge is -2.45.